The summed E-state index contributed by atoms with van der Waals surface area (Å²) < 4.78 is 19.1. The molecule has 1 atom stereocenters. The van der Waals surface area contributed by atoms with Crippen LogP contribution in [0.25, 0.3) is 0 Å². The van der Waals surface area contributed by atoms with E-state index < -0.39 is 6.10 Å². The Hall–Kier alpha value is -2.56. The van der Waals surface area contributed by atoms with Gasteiger partial charge in [0.25, 0.3) is 5.91 Å². The molecule has 1 saturated heterocycles. The van der Waals surface area contributed by atoms with E-state index in [0.717, 1.165) is 30.1 Å². The third-order valence-electron chi connectivity index (χ3n) is 5.19. The Bertz CT molecular complexity index is 783. The first-order valence-electron chi connectivity index (χ1n) is 9.51. The maximum absolute atomic E-state index is 13.1. The second-order valence-corrected chi connectivity index (χ2v) is 7.05. The minimum atomic E-state index is -0.468. The van der Waals surface area contributed by atoms with Crippen molar-refractivity contribution in [2.75, 3.05) is 31.1 Å². The van der Waals surface area contributed by atoms with Crippen molar-refractivity contribution in [3.05, 3.63) is 59.4 Å². The number of hydrogen-bond acceptors (Lipinski definition) is 3. The Balaban J connectivity index is 1.59. The van der Waals surface area contributed by atoms with Gasteiger partial charge in [0, 0.05) is 31.9 Å². The van der Waals surface area contributed by atoms with Crippen LogP contribution in [0.4, 0.5) is 10.1 Å². The molecule has 0 radical (unpaired) electrons. The maximum Gasteiger partial charge on any atom is 0.263 e. The highest BCUT2D eigenvalue weighted by Gasteiger charge is 2.28. The summed E-state index contributed by atoms with van der Waals surface area (Å²) in [6, 6.07) is 12.4. The van der Waals surface area contributed by atoms with Crippen molar-refractivity contribution in [2.45, 2.75) is 33.3 Å². The number of nitrogens with zero attached hydrogens (tertiary/aromatic N) is 2. The maximum atomic E-state index is 13.1. The third-order valence-corrected chi connectivity index (χ3v) is 5.19. The lowest BCUT2D eigenvalue weighted by Gasteiger charge is -2.37. The van der Waals surface area contributed by atoms with E-state index in [4.69, 9.17) is 4.74 Å². The van der Waals surface area contributed by atoms with Crippen molar-refractivity contribution in [3.63, 3.8) is 0 Å². The molecule has 3 rings (SSSR count). The van der Waals surface area contributed by atoms with E-state index in [-0.39, 0.29) is 11.7 Å². The number of ether oxygens (including phenoxy) is 1. The van der Waals surface area contributed by atoms with Crippen LogP contribution in [0.1, 0.15) is 24.5 Å². The van der Waals surface area contributed by atoms with Crippen molar-refractivity contribution < 1.29 is 13.9 Å². The molecule has 0 aliphatic carbocycles. The Morgan fingerprint density at radius 3 is 2.30 bits per heavy atom. The van der Waals surface area contributed by atoms with Crippen LogP contribution in [-0.2, 0) is 4.79 Å². The number of hydrogen-bond donors (Lipinski definition) is 0. The standard InChI is InChI=1S/C22H27FN2O2/c1-4-21(27-20-10-5-16(2)17(3)15-20)22(26)25-13-11-24(12-14-25)19-8-6-18(23)7-9-19/h5-10,15,21H,4,11-14H2,1-3H3/t21-/m0/s1. The fraction of sp³-hybridized carbons (Fsp3) is 0.409. The van der Waals surface area contributed by atoms with Gasteiger partial charge in [-0.3, -0.25) is 4.79 Å². The molecule has 1 fully saturated rings. The molecule has 27 heavy (non-hydrogen) atoms. The van der Waals surface area contributed by atoms with E-state index in [1.54, 1.807) is 12.1 Å². The summed E-state index contributed by atoms with van der Waals surface area (Å²) in [5.41, 5.74) is 3.35. The second-order valence-electron chi connectivity index (χ2n) is 7.05. The molecule has 0 aromatic heterocycles. The van der Waals surface area contributed by atoms with Crippen LogP contribution >= 0.6 is 0 Å². The van der Waals surface area contributed by atoms with Gasteiger partial charge >= 0.3 is 0 Å². The minimum absolute atomic E-state index is 0.0366. The number of halogens is 1. The summed E-state index contributed by atoms with van der Waals surface area (Å²) in [6.45, 7) is 8.82. The summed E-state index contributed by atoms with van der Waals surface area (Å²) in [7, 11) is 0. The Morgan fingerprint density at radius 2 is 1.70 bits per heavy atom. The summed E-state index contributed by atoms with van der Waals surface area (Å²) in [4.78, 5) is 17.0. The van der Waals surface area contributed by atoms with Crippen molar-refractivity contribution in [1.29, 1.82) is 0 Å². The van der Waals surface area contributed by atoms with E-state index in [1.165, 1.54) is 17.7 Å². The zero-order valence-electron chi connectivity index (χ0n) is 16.2. The number of piperazine rings is 1. The Kier molecular flexibility index (Phi) is 5.99. The fourth-order valence-corrected chi connectivity index (χ4v) is 3.30. The van der Waals surface area contributed by atoms with Crippen molar-refractivity contribution in [3.8, 4) is 5.75 Å². The van der Waals surface area contributed by atoms with Crippen LogP contribution < -0.4 is 9.64 Å². The molecule has 0 spiro atoms. The quantitative estimate of drug-likeness (QED) is 0.799. The molecule has 1 aliphatic heterocycles. The second kappa shape index (κ2) is 8.42. The number of benzene rings is 2. The van der Waals surface area contributed by atoms with Gasteiger partial charge in [0.1, 0.15) is 11.6 Å². The predicted octanol–water partition coefficient (Wildman–Crippen LogP) is 3.95. The predicted molar refractivity (Wildman–Crippen MR) is 106 cm³/mol. The molecule has 2 aromatic carbocycles. The van der Waals surface area contributed by atoms with Crippen LogP contribution in [0.2, 0.25) is 0 Å². The molecule has 1 heterocycles. The summed E-state index contributed by atoms with van der Waals surface area (Å²) in [5.74, 6) is 0.541. The van der Waals surface area contributed by atoms with E-state index in [1.807, 2.05) is 36.9 Å². The smallest absolute Gasteiger partial charge is 0.263 e. The number of carbonyl (C=O) groups excluding carboxylic acids is 1. The first kappa shape index (κ1) is 19.2. The van der Waals surface area contributed by atoms with Crippen molar-refractivity contribution in [2.24, 2.45) is 0 Å². The molecule has 1 aliphatic rings. The zero-order chi connectivity index (χ0) is 19.4. The molecule has 1 amide bonds. The minimum Gasteiger partial charge on any atom is -0.481 e. The van der Waals surface area contributed by atoms with Gasteiger partial charge in [0.15, 0.2) is 6.10 Å². The van der Waals surface area contributed by atoms with Gasteiger partial charge in [-0.2, -0.15) is 0 Å². The van der Waals surface area contributed by atoms with Crippen molar-refractivity contribution in [1.82, 2.24) is 4.90 Å². The van der Waals surface area contributed by atoms with Gasteiger partial charge in [0.05, 0.1) is 0 Å². The first-order valence-corrected chi connectivity index (χ1v) is 9.51. The highest BCUT2D eigenvalue weighted by Crippen LogP contribution is 2.21. The van der Waals surface area contributed by atoms with E-state index >= 15 is 0 Å². The van der Waals surface area contributed by atoms with Gasteiger partial charge < -0.3 is 14.5 Å². The molecule has 2 aromatic rings. The van der Waals surface area contributed by atoms with E-state index in [2.05, 4.69) is 11.8 Å². The van der Waals surface area contributed by atoms with Gasteiger partial charge in [-0.1, -0.05) is 13.0 Å². The van der Waals surface area contributed by atoms with Crippen LogP contribution in [0.3, 0.4) is 0 Å². The SMILES string of the molecule is CC[C@H](Oc1ccc(C)c(C)c1)C(=O)N1CCN(c2ccc(F)cc2)CC1. The Labute approximate surface area is 160 Å². The molecule has 144 valence electrons. The van der Waals surface area contributed by atoms with Crippen LogP contribution in [-0.4, -0.2) is 43.1 Å². The highest BCUT2D eigenvalue weighted by atomic mass is 19.1. The molecular formula is C22H27FN2O2. The molecule has 0 bridgehead atoms. The van der Waals surface area contributed by atoms with Crippen molar-refractivity contribution >= 4 is 11.6 Å². The van der Waals surface area contributed by atoms with Gasteiger partial charge in [-0.05, 0) is 67.8 Å². The fourth-order valence-electron chi connectivity index (χ4n) is 3.30. The Morgan fingerprint density at radius 1 is 1.04 bits per heavy atom. The zero-order valence-corrected chi connectivity index (χ0v) is 16.2. The monoisotopic (exact) mass is 370 g/mol. The highest BCUT2D eigenvalue weighted by molar-refractivity contribution is 5.81. The van der Waals surface area contributed by atoms with Crippen LogP contribution in [0.5, 0.6) is 5.75 Å². The van der Waals surface area contributed by atoms with Gasteiger partial charge in [-0.25, -0.2) is 4.39 Å². The molecule has 0 N–H and O–H groups in total. The average molecular weight is 370 g/mol. The lowest BCUT2D eigenvalue weighted by Crippen LogP contribution is -2.52. The number of amides is 1. The molecule has 4 nitrogen and oxygen atoms in total. The summed E-state index contributed by atoms with van der Waals surface area (Å²) in [6.07, 6.45) is 0.161. The lowest BCUT2D eigenvalue weighted by molar-refractivity contribution is -0.139. The number of aryl methyl sites for hydroxylation is 2. The van der Waals surface area contributed by atoms with Gasteiger partial charge in [-0.15, -0.1) is 0 Å². The molecule has 0 unspecified atom stereocenters. The average Bonchev–Trinajstić information content (AvgIpc) is 2.69. The normalized spacial score (nSPS) is 15.6. The third kappa shape index (κ3) is 4.59. The van der Waals surface area contributed by atoms with Crippen LogP contribution in [0.15, 0.2) is 42.5 Å². The lowest BCUT2D eigenvalue weighted by atomic mass is 10.1. The summed E-state index contributed by atoms with van der Waals surface area (Å²) in [5, 5.41) is 0. The number of anilines is 1. The molecule has 5 heteroatoms. The molecular weight excluding hydrogens is 343 g/mol. The summed E-state index contributed by atoms with van der Waals surface area (Å²) >= 11 is 0. The first-order chi connectivity index (χ1) is 13.0. The van der Waals surface area contributed by atoms with E-state index in [0.29, 0.717) is 19.5 Å². The topological polar surface area (TPSA) is 32.8 Å². The van der Waals surface area contributed by atoms with Gasteiger partial charge in [0.2, 0.25) is 0 Å². The number of rotatable bonds is 5. The molecule has 0 saturated carbocycles. The van der Waals surface area contributed by atoms with E-state index in [9.17, 15) is 9.18 Å². The largest absolute Gasteiger partial charge is 0.481 e. The number of carbonyl (C=O) groups is 1. The van der Waals surface area contributed by atoms with Crippen LogP contribution in [0, 0.1) is 19.7 Å².